The first kappa shape index (κ1) is 14.3. The van der Waals surface area contributed by atoms with Crippen LogP contribution in [-0.4, -0.2) is 25.3 Å². The molecule has 0 radical (unpaired) electrons. The van der Waals surface area contributed by atoms with Gasteiger partial charge in [0.2, 0.25) is 0 Å². The van der Waals surface area contributed by atoms with Crippen LogP contribution in [-0.2, 0) is 16.7 Å². The third kappa shape index (κ3) is 2.47. The largest absolute Gasteiger partial charge is 0.324 e. The van der Waals surface area contributed by atoms with Crippen molar-refractivity contribution in [3.8, 4) is 0 Å². The fourth-order valence-corrected chi connectivity index (χ4v) is 4.30. The van der Waals surface area contributed by atoms with E-state index in [2.05, 4.69) is 4.98 Å². The standard InChI is InChI=1S/C13H13Cl2FN2OS/c14-7-13-17-11-6-10(16)9(15)5-12(11)18(13)8-1-3-20(19)4-2-8/h5-6,8H,1-4,7H2. The molecule has 0 N–H and O–H groups in total. The minimum absolute atomic E-state index is 0.0826. The summed E-state index contributed by atoms with van der Waals surface area (Å²) >= 11 is 11.8. The van der Waals surface area contributed by atoms with Crippen LogP contribution in [0.3, 0.4) is 0 Å². The van der Waals surface area contributed by atoms with Crippen LogP contribution in [0.1, 0.15) is 24.7 Å². The first-order chi connectivity index (χ1) is 9.60. The van der Waals surface area contributed by atoms with E-state index in [-0.39, 0.29) is 16.9 Å². The molecule has 0 aliphatic carbocycles. The first-order valence-electron chi connectivity index (χ1n) is 6.37. The molecular formula is C13H13Cl2FN2OS. The van der Waals surface area contributed by atoms with E-state index in [0.29, 0.717) is 22.8 Å². The maximum absolute atomic E-state index is 13.5. The van der Waals surface area contributed by atoms with Gasteiger partial charge in [-0.1, -0.05) is 11.6 Å². The van der Waals surface area contributed by atoms with E-state index in [1.54, 1.807) is 6.07 Å². The van der Waals surface area contributed by atoms with Crippen molar-refractivity contribution >= 4 is 45.0 Å². The predicted octanol–water partition coefficient (Wildman–Crippen LogP) is 3.65. The van der Waals surface area contributed by atoms with Gasteiger partial charge in [-0.05, 0) is 18.9 Å². The SMILES string of the molecule is O=S1CCC(n2c(CCl)nc3cc(F)c(Cl)cc32)CC1. The molecule has 0 unspecified atom stereocenters. The van der Waals surface area contributed by atoms with Gasteiger partial charge in [0.1, 0.15) is 11.6 Å². The predicted molar refractivity (Wildman–Crippen MR) is 80.4 cm³/mol. The highest BCUT2D eigenvalue weighted by Gasteiger charge is 2.24. The Balaban J connectivity index is 2.12. The second-order valence-electron chi connectivity index (χ2n) is 4.87. The van der Waals surface area contributed by atoms with Crippen LogP contribution in [0.2, 0.25) is 5.02 Å². The van der Waals surface area contributed by atoms with Crippen LogP contribution in [0.5, 0.6) is 0 Å². The van der Waals surface area contributed by atoms with E-state index in [1.165, 1.54) is 6.07 Å². The molecule has 1 fully saturated rings. The molecular weight excluding hydrogens is 322 g/mol. The van der Waals surface area contributed by atoms with Gasteiger partial charge in [0.15, 0.2) is 0 Å². The summed E-state index contributed by atoms with van der Waals surface area (Å²) in [6, 6.07) is 3.14. The van der Waals surface area contributed by atoms with Crippen LogP contribution < -0.4 is 0 Å². The van der Waals surface area contributed by atoms with Crippen molar-refractivity contribution < 1.29 is 8.60 Å². The summed E-state index contributed by atoms with van der Waals surface area (Å²) in [6.45, 7) is 0. The number of aromatic nitrogens is 2. The maximum atomic E-state index is 13.5. The van der Waals surface area contributed by atoms with E-state index >= 15 is 0 Å². The van der Waals surface area contributed by atoms with Crippen LogP contribution in [0, 0.1) is 5.82 Å². The molecule has 108 valence electrons. The minimum atomic E-state index is -0.726. The van der Waals surface area contributed by atoms with Crippen LogP contribution >= 0.6 is 23.2 Å². The average molecular weight is 335 g/mol. The molecule has 0 atom stereocenters. The molecule has 0 spiro atoms. The maximum Gasteiger partial charge on any atom is 0.144 e. The Hall–Kier alpha value is -0.650. The number of hydrogen-bond acceptors (Lipinski definition) is 2. The Morgan fingerprint density at radius 2 is 2.10 bits per heavy atom. The molecule has 7 heteroatoms. The number of alkyl halides is 1. The second kappa shape index (κ2) is 5.62. The average Bonchev–Trinajstić information content (AvgIpc) is 2.78. The Labute approximate surface area is 128 Å². The number of hydrogen-bond donors (Lipinski definition) is 0. The van der Waals surface area contributed by atoms with Gasteiger partial charge >= 0.3 is 0 Å². The summed E-state index contributed by atoms with van der Waals surface area (Å²) < 4.78 is 27.0. The summed E-state index contributed by atoms with van der Waals surface area (Å²) in [6.07, 6.45) is 1.63. The van der Waals surface area contributed by atoms with Crippen LogP contribution in [0.25, 0.3) is 11.0 Å². The van der Waals surface area contributed by atoms with Gasteiger partial charge in [-0.2, -0.15) is 0 Å². The Morgan fingerprint density at radius 3 is 2.75 bits per heavy atom. The molecule has 0 amide bonds. The molecule has 1 aromatic heterocycles. The summed E-state index contributed by atoms with van der Waals surface area (Å²) in [5, 5.41) is 0.0826. The zero-order chi connectivity index (χ0) is 14.3. The van der Waals surface area contributed by atoms with Crippen molar-refractivity contribution in [2.45, 2.75) is 24.8 Å². The van der Waals surface area contributed by atoms with Gasteiger partial charge < -0.3 is 4.57 Å². The molecule has 3 rings (SSSR count). The van der Waals surface area contributed by atoms with Gasteiger partial charge in [0, 0.05) is 34.4 Å². The number of nitrogens with zero attached hydrogens (tertiary/aromatic N) is 2. The lowest BCUT2D eigenvalue weighted by molar-refractivity contribution is 0.462. The summed E-state index contributed by atoms with van der Waals surface area (Å²) in [5.74, 6) is 1.85. The molecule has 0 bridgehead atoms. The minimum Gasteiger partial charge on any atom is -0.324 e. The zero-order valence-corrected chi connectivity index (χ0v) is 12.9. The fraction of sp³-hybridized carbons (Fsp3) is 0.462. The number of rotatable bonds is 2. The van der Waals surface area contributed by atoms with Crippen molar-refractivity contribution in [2.75, 3.05) is 11.5 Å². The van der Waals surface area contributed by atoms with Crippen molar-refractivity contribution in [3.05, 3.63) is 28.8 Å². The Bertz CT molecular complexity index is 679. The Morgan fingerprint density at radius 1 is 1.40 bits per heavy atom. The molecule has 20 heavy (non-hydrogen) atoms. The molecule has 1 aliphatic heterocycles. The third-order valence-corrected chi connectivity index (χ3v) is 5.56. The molecule has 2 aromatic rings. The highest BCUT2D eigenvalue weighted by Crippen LogP contribution is 2.31. The first-order valence-corrected chi connectivity index (χ1v) is 8.77. The normalized spacial score (nSPS) is 23.4. The number of fused-ring (bicyclic) bond motifs is 1. The monoisotopic (exact) mass is 334 g/mol. The highest BCUT2D eigenvalue weighted by molar-refractivity contribution is 7.85. The Kier molecular flexibility index (Phi) is 4.02. The van der Waals surface area contributed by atoms with E-state index < -0.39 is 16.6 Å². The fourth-order valence-electron chi connectivity index (χ4n) is 2.68. The number of imidazole rings is 1. The summed E-state index contributed by atoms with van der Waals surface area (Å²) in [7, 11) is -0.726. The van der Waals surface area contributed by atoms with Gasteiger partial charge in [-0.3, -0.25) is 4.21 Å². The summed E-state index contributed by atoms with van der Waals surface area (Å²) in [4.78, 5) is 4.38. The number of halogens is 3. The molecule has 0 saturated carbocycles. The van der Waals surface area contributed by atoms with E-state index in [0.717, 1.165) is 18.4 Å². The highest BCUT2D eigenvalue weighted by atomic mass is 35.5. The quantitative estimate of drug-likeness (QED) is 0.785. The number of benzene rings is 1. The molecule has 2 heterocycles. The van der Waals surface area contributed by atoms with E-state index in [1.807, 2.05) is 4.57 Å². The third-order valence-electron chi connectivity index (χ3n) is 3.65. The zero-order valence-electron chi connectivity index (χ0n) is 10.6. The lowest BCUT2D eigenvalue weighted by Crippen LogP contribution is -2.22. The topological polar surface area (TPSA) is 34.9 Å². The van der Waals surface area contributed by atoms with Gasteiger partial charge in [0.05, 0.1) is 21.9 Å². The van der Waals surface area contributed by atoms with E-state index in [9.17, 15) is 8.60 Å². The summed E-state index contributed by atoms with van der Waals surface area (Å²) in [5.41, 5.74) is 1.36. The van der Waals surface area contributed by atoms with Crippen LogP contribution in [0.4, 0.5) is 4.39 Å². The van der Waals surface area contributed by atoms with Gasteiger partial charge in [0.25, 0.3) is 0 Å². The van der Waals surface area contributed by atoms with Crippen molar-refractivity contribution in [1.82, 2.24) is 9.55 Å². The molecule has 1 aliphatic rings. The van der Waals surface area contributed by atoms with Crippen LogP contribution in [0.15, 0.2) is 12.1 Å². The molecule has 3 nitrogen and oxygen atoms in total. The van der Waals surface area contributed by atoms with Crippen molar-refractivity contribution in [2.24, 2.45) is 0 Å². The second-order valence-corrected chi connectivity index (χ2v) is 7.24. The van der Waals surface area contributed by atoms with Crippen molar-refractivity contribution in [1.29, 1.82) is 0 Å². The lowest BCUT2D eigenvalue weighted by atomic mass is 10.1. The van der Waals surface area contributed by atoms with E-state index in [4.69, 9.17) is 23.2 Å². The van der Waals surface area contributed by atoms with Gasteiger partial charge in [-0.25, -0.2) is 9.37 Å². The molecule has 1 aromatic carbocycles. The lowest BCUT2D eigenvalue weighted by Gasteiger charge is -2.25. The van der Waals surface area contributed by atoms with Gasteiger partial charge in [-0.15, -0.1) is 11.6 Å². The molecule has 1 saturated heterocycles. The smallest absolute Gasteiger partial charge is 0.144 e. The van der Waals surface area contributed by atoms with Crippen molar-refractivity contribution in [3.63, 3.8) is 0 Å².